The Morgan fingerprint density at radius 3 is 1.64 bits per heavy atom. The van der Waals surface area contributed by atoms with Crippen LogP contribution in [0.2, 0.25) is 0 Å². The topological polar surface area (TPSA) is 425 Å². The van der Waals surface area contributed by atoms with Gasteiger partial charge in [-0.15, -0.1) is 0 Å². The predicted octanol–water partition coefficient (Wildman–Crippen LogP) is -1.89. The summed E-state index contributed by atoms with van der Waals surface area (Å²) in [5.74, 6) is -10.8. The number of thioether (sulfide) groups is 2. The number of aromatic nitrogens is 2. The van der Waals surface area contributed by atoms with Crippen molar-refractivity contribution < 1.29 is 67.7 Å². The van der Waals surface area contributed by atoms with Crippen LogP contribution < -0.4 is 54.0 Å². The molecule has 1 aromatic heterocycles. The highest BCUT2D eigenvalue weighted by Gasteiger charge is 2.37. The van der Waals surface area contributed by atoms with Crippen LogP contribution in [0.3, 0.4) is 0 Å². The van der Waals surface area contributed by atoms with Crippen molar-refractivity contribution in [2.24, 2.45) is 17.4 Å². The molecule has 0 bridgehead atoms. The van der Waals surface area contributed by atoms with Crippen LogP contribution >= 0.6 is 23.5 Å². The zero-order valence-electron chi connectivity index (χ0n) is 47.1. The average molecular weight is 1200 g/mol. The number of carbonyl (C=O) groups is 12. The molecule has 0 aliphatic carbocycles. The highest BCUT2D eigenvalue weighted by molar-refractivity contribution is 7.98. The second-order valence-electron chi connectivity index (χ2n) is 19.9. The molecular formula is C54H77N13O14S2. The van der Waals surface area contributed by atoms with Gasteiger partial charge in [-0.1, -0.05) is 74.5 Å². The molecule has 29 heteroatoms. The van der Waals surface area contributed by atoms with E-state index in [0.717, 1.165) is 4.90 Å². The van der Waals surface area contributed by atoms with Crippen LogP contribution in [0.5, 0.6) is 0 Å². The first kappa shape index (κ1) is 69.2. The first-order chi connectivity index (χ1) is 39.3. The normalized spacial score (nSPS) is 14.3. The minimum Gasteiger partial charge on any atom is -0.481 e. The average Bonchev–Trinajstić information content (AvgIpc) is 4.02. The number of aromatic amines is 1. The number of nitrogens with one attached hydrogen (secondary N) is 9. The molecule has 3 aromatic rings. The summed E-state index contributed by atoms with van der Waals surface area (Å²) in [7, 11) is 1.33. The first-order valence-corrected chi connectivity index (χ1v) is 29.3. The molecule has 0 aliphatic rings. The Balaban J connectivity index is 1.87. The van der Waals surface area contributed by atoms with Gasteiger partial charge in [0.25, 0.3) is 0 Å². The molecule has 10 amide bonds. The zero-order valence-corrected chi connectivity index (χ0v) is 48.8. The maximum absolute atomic E-state index is 14.7. The summed E-state index contributed by atoms with van der Waals surface area (Å²) in [5.41, 5.74) is 12.8. The highest BCUT2D eigenvalue weighted by Crippen LogP contribution is 2.15. The number of amides is 10. The Morgan fingerprint density at radius 1 is 0.590 bits per heavy atom. The zero-order chi connectivity index (χ0) is 61.8. The molecule has 0 fully saturated rings. The molecule has 0 saturated heterocycles. The number of H-pyrrole nitrogens is 1. The van der Waals surface area contributed by atoms with E-state index < -0.39 is 145 Å². The number of hydrogen-bond acceptors (Lipinski definition) is 16. The molecule has 0 spiro atoms. The van der Waals surface area contributed by atoms with Crippen molar-refractivity contribution >= 4 is 94.5 Å². The summed E-state index contributed by atoms with van der Waals surface area (Å²) in [6, 6.07) is 4.58. The van der Waals surface area contributed by atoms with E-state index in [-0.39, 0.29) is 44.4 Å². The fraction of sp³-hybridized carbons (Fsp3) is 0.500. The van der Waals surface area contributed by atoms with Crippen molar-refractivity contribution in [1.82, 2.24) is 57.4 Å². The van der Waals surface area contributed by atoms with Crippen LogP contribution in [0.1, 0.15) is 69.7 Å². The first-order valence-electron chi connectivity index (χ1n) is 26.5. The molecule has 2 aromatic carbocycles. The lowest BCUT2D eigenvalue weighted by Crippen LogP contribution is -2.60. The SMILES string of the molecule is CSCC[C@H](NC(=O)[C@H](CC(C)C)NC(=O)CNC(=O)[C@H](Cc1ccccc1)N(C)C(=O)[C@H](Cc1ccccc1)NC(=O)[C@H](C)NC(=O)[C@H](CC(=O)O)NC(=O)[C@H](Cc1cnc[nH]1)NC(=O)[C@H](CCSC)NC(=O)[C@@H](N)CC(=O)O)C(N)=O. The van der Waals surface area contributed by atoms with Gasteiger partial charge in [-0.3, -0.25) is 57.5 Å². The fourth-order valence-corrected chi connectivity index (χ4v) is 9.16. The second kappa shape index (κ2) is 35.7. The number of likely N-dealkylation sites (N-methyl/N-ethyl adjacent to an activating group) is 1. The summed E-state index contributed by atoms with van der Waals surface area (Å²) in [6.07, 6.45) is 4.42. The Kier molecular flexibility index (Phi) is 29.8. The summed E-state index contributed by atoms with van der Waals surface area (Å²) < 4.78 is 0. The molecule has 1 heterocycles. The van der Waals surface area contributed by atoms with Gasteiger partial charge in [0.2, 0.25) is 59.1 Å². The van der Waals surface area contributed by atoms with E-state index in [0.29, 0.717) is 28.3 Å². The van der Waals surface area contributed by atoms with Crippen molar-refractivity contribution in [3.05, 3.63) is 90.0 Å². The quantitative estimate of drug-likeness (QED) is 0.0300. The third-order valence-corrected chi connectivity index (χ3v) is 14.0. The molecule has 0 saturated carbocycles. The summed E-state index contributed by atoms with van der Waals surface area (Å²) in [4.78, 5) is 168. The van der Waals surface area contributed by atoms with Gasteiger partial charge in [0.1, 0.15) is 48.3 Å². The Labute approximate surface area is 489 Å². The number of primary amides is 1. The lowest BCUT2D eigenvalue weighted by atomic mass is 10.0. The molecule has 83 heavy (non-hydrogen) atoms. The molecule has 9 atom stereocenters. The number of carboxylic acids is 2. The Hall–Kier alpha value is -8.05. The van der Waals surface area contributed by atoms with Crippen LogP contribution in [0, 0.1) is 5.92 Å². The summed E-state index contributed by atoms with van der Waals surface area (Å²) >= 11 is 2.78. The van der Waals surface area contributed by atoms with E-state index in [1.165, 1.54) is 50.0 Å². The van der Waals surface area contributed by atoms with Crippen molar-refractivity contribution in [1.29, 1.82) is 0 Å². The number of aliphatic carboxylic acids is 2. The van der Waals surface area contributed by atoms with E-state index in [1.807, 2.05) is 20.1 Å². The van der Waals surface area contributed by atoms with Crippen LogP contribution in [0.15, 0.2) is 73.2 Å². The second-order valence-corrected chi connectivity index (χ2v) is 21.9. The van der Waals surface area contributed by atoms with E-state index in [4.69, 9.17) is 16.6 Å². The van der Waals surface area contributed by atoms with E-state index in [1.54, 1.807) is 66.9 Å². The third kappa shape index (κ3) is 24.9. The molecule has 0 aliphatic heterocycles. The van der Waals surface area contributed by atoms with Gasteiger partial charge in [-0.05, 0) is 67.2 Å². The molecular weight excluding hydrogens is 1120 g/mol. The number of carboxylic acid groups (broad SMARTS) is 2. The molecule has 27 nitrogen and oxygen atoms in total. The maximum atomic E-state index is 14.7. The van der Waals surface area contributed by atoms with Crippen LogP contribution in [-0.4, -0.2) is 188 Å². The molecule has 15 N–H and O–H groups in total. The number of rotatable bonds is 37. The van der Waals surface area contributed by atoms with E-state index >= 15 is 0 Å². The molecule has 454 valence electrons. The van der Waals surface area contributed by atoms with Gasteiger partial charge in [-0.2, -0.15) is 23.5 Å². The predicted molar refractivity (Wildman–Crippen MR) is 308 cm³/mol. The Morgan fingerprint density at radius 2 is 1.10 bits per heavy atom. The highest BCUT2D eigenvalue weighted by atomic mass is 32.2. The standard InChI is InChI=1S/C54H77N13O14S2/c1-30(2)21-38(51(78)62-36(46(56)73)17-19-82-5)61-43(68)28-58-53(80)42(23-33-15-11-8-12-16-33)67(4)54(81)41(22-32-13-9-7-10-14-32)66-47(74)31(3)60-50(77)40(26-45(71)72)65-52(79)39(24-34-27-57-29-59-34)64-49(76)37(18-20-83-6)63-48(75)35(55)25-44(69)70/h7-16,27,29-31,35-42H,17-26,28,55H2,1-6H3,(H2,56,73)(H,57,59)(H,58,80)(H,60,77)(H,61,68)(H,62,78)(H,63,75)(H,64,76)(H,65,79)(H,66,74)(H,69,70)(H,71,72)/t31-,35-,36-,37-,38-,39-,40-,41-,42-/m0/s1. The van der Waals surface area contributed by atoms with Crippen molar-refractivity contribution in [2.45, 2.75) is 127 Å². The smallest absolute Gasteiger partial charge is 0.305 e. The number of benzene rings is 2. The number of nitrogens with two attached hydrogens (primary N) is 2. The van der Waals surface area contributed by atoms with Gasteiger partial charge in [0, 0.05) is 38.2 Å². The van der Waals surface area contributed by atoms with E-state index in [2.05, 4.69) is 52.5 Å². The van der Waals surface area contributed by atoms with Gasteiger partial charge in [-0.25, -0.2) is 4.98 Å². The number of hydrogen-bond donors (Lipinski definition) is 13. The number of nitrogens with zero attached hydrogens (tertiary/aromatic N) is 2. The summed E-state index contributed by atoms with van der Waals surface area (Å²) in [6.45, 7) is 4.27. The van der Waals surface area contributed by atoms with Crippen molar-refractivity contribution in [2.75, 3.05) is 37.6 Å². The molecule has 0 unspecified atom stereocenters. The van der Waals surface area contributed by atoms with Gasteiger partial charge < -0.3 is 74.1 Å². The van der Waals surface area contributed by atoms with Gasteiger partial charge >= 0.3 is 11.9 Å². The van der Waals surface area contributed by atoms with Crippen LogP contribution in [0.4, 0.5) is 0 Å². The monoisotopic (exact) mass is 1200 g/mol. The van der Waals surface area contributed by atoms with Gasteiger partial charge in [0.05, 0.1) is 31.8 Å². The van der Waals surface area contributed by atoms with Crippen LogP contribution in [0.25, 0.3) is 0 Å². The fourth-order valence-electron chi connectivity index (χ4n) is 8.21. The summed E-state index contributed by atoms with van der Waals surface area (Å²) in [5, 5.41) is 39.1. The lowest BCUT2D eigenvalue weighted by molar-refractivity contribution is -0.143. The molecule has 0 radical (unpaired) electrons. The van der Waals surface area contributed by atoms with Crippen LogP contribution in [-0.2, 0) is 76.8 Å². The maximum Gasteiger partial charge on any atom is 0.305 e. The number of imidazole rings is 1. The Bertz CT molecular complexity index is 2670. The van der Waals surface area contributed by atoms with Crippen molar-refractivity contribution in [3.8, 4) is 0 Å². The van der Waals surface area contributed by atoms with Crippen molar-refractivity contribution in [3.63, 3.8) is 0 Å². The minimum absolute atomic E-state index is 0.0177. The largest absolute Gasteiger partial charge is 0.481 e. The lowest BCUT2D eigenvalue weighted by Gasteiger charge is -2.32. The minimum atomic E-state index is -1.87. The number of carbonyl (C=O) groups excluding carboxylic acids is 10. The molecule has 3 rings (SSSR count). The van der Waals surface area contributed by atoms with Gasteiger partial charge in [0.15, 0.2) is 0 Å². The third-order valence-electron chi connectivity index (χ3n) is 12.7. The van der Waals surface area contributed by atoms with E-state index in [9.17, 15) is 62.6 Å².